The molecule has 2 aromatic rings. The van der Waals surface area contributed by atoms with Crippen LogP contribution in [0, 0.1) is 13.8 Å². The van der Waals surface area contributed by atoms with Crippen molar-refractivity contribution in [1.82, 2.24) is 9.88 Å². The Morgan fingerprint density at radius 2 is 1.84 bits per heavy atom. The van der Waals surface area contributed by atoms with E-state index in [0.29, 0.717) is 10.7 Å². The molecule has 0 aliphatic rings. The maximum atomic E-state index is 12.4. The molecule has 0 saturated carbocycles. The van der Waals surface area contributed by atoms with Crippen molar-refractivity contribution < 1.29 is 4.79 Å². The number of aromatic nitrogens is 1. The molecule has 5 heteroatoms. The normalized spacial score (nSPS) is 10.6. The summed E-state index contributed by atoms with van der Waals surface area (Å²) < 4.78 is 1.99. The lowest BCUT2D eigenvalue weighted by Crippen LogP contribution is -2.34. The maximum absolute atomic E-state index is 12.4. The number of carbonyl (C=O) groups excluding carboxylic acids is 1. The van der Waals surface area contributed by atoms with E-state index in [-0.39, 0.29) is 5.91 Å². The quantitative estimate of drug-likeness (QED) is 0.591. The molecular weight excluding hydrogens is 330 g/mol. The highest BCUT2D eigenvalue weighted by Crippen LogP contribution is 2.14. The molecule has 0 fully saturated rings. The van der Waals surface area contributed by atoms with Crippen molar-refractivity contribution in [2.24, 2.45) is 7.05 Å². The van der Waals surface area contributed by atoms with Crippen molar-refractivity contribution in [3.63, 3.8) is 0 Å². The summed E-state index contributed by atoms with van der Waals surface area (Å²) in [6.45, 7) is 6.11. The smallest absolute Gasteiger partial charge is 0.259 e. The highest BCUT2D eigenvalue weighted by molar-refractivity contribution is 7.80. The molecule has 0 atom stereocenters. The first-order valence-electron chi connectivity index (χ1n) is 8.76. The minimum Gasteiger partial charge on any atom is -0.351 e. The Bertz CT molecular complexity index is 747. The summed E-state index contributed by atoms with van der Waals surface area (Å²) in [4.78, 5) is 12.4. The highest BCUT2D eigenvalue weighted by Gasteiger charge is 2.15. The van der Waals surface area contributed by atoms with Gasteiger partial charge in [0.25, 0.3) is 5.91 Å². The van der Waals surface area contributed by atoms with Gasteiger partial charge in [-0.1, -0.05) is 31.9 Å². The molecule has 1 aromatic carbocycles. The van der Waals surface area contributed by atoms with Crippen molar-refractivity contribution in [2.45, 2.75) is 46.5 Å². The predicted molar refractivity (Wildman–Crippen MR) is 108 cm³/mol. The summed E-state index contributed by atoms with van der Waals surface area (Å²) in [5, 5.41) is 6.13. The zero-order valence-electron chi connectivity index (χ0n) is 15.5. The van der Waals surface area contributed by atoms with Crippen LogP contribution >= 0.6 is 12.2 Å². The van der Waals surface area contributed by atoms with Gasteiger partial charge in [0, 0.05) is 24.1 Å². The molecule has 0 saturated heterocycles. The molecule has 0 radical (unpaired) electrons. The van der Waals surface area contributed by atoms with E-state index >= 15 is 0 Å². The van der Waals surface area contributed by atoms with Gasteiger partial charge < -0.3 is 9.88 Å². The Labute approximate surface area is 155 Å². The number of nitrogens with zero attached hydrogens (tertiary/aromatic N) is 1. The number of aryl methyl sites for hydroxylation is 2. The molecule has 0 unspecified atom stereocenters. The Balaban J connectivity index is 1.91. The molecule has 25 heavy (non-hydrogen) atoms. The Kier molecular flexibility index (Phi) is 6.76. The molecule has 2 rings (SSSR count). The molecule has 134 valence electrons. The van der Waals surface area contributed by atoms with Crippen molar-refractivity contribution in [3.8, 4) is 0 Å². The van der Waals surface area contributed by atoms with Crippen molar-refractivity contribution >= 4 is 28.9 Å². The topological polar surface area (TPSA) is 46.1 Å². The number of anilines is 1. The first kappa shape index (κ1) is 19.2. The van der Waals surface area contributed by atoms with Gasteiger partial charge in [0.05, 0.1) is 5.56 Å². The number of hydrogen-bond donors (Lipinski definition) is 2. The number of unbranched alkanes of at least 4 members (excludes halogenated alkanes) is 2. The van der Waals surface area contributed by atoms with Crippen LogP contribution < -0.4 is 10.6 Å². The standard InChI is InChI=1S/C20H27N3OS/c1-5-6-7-8-16-9-11-17(12-10-16)21-20(25)22-19(24)18-13-14(2)23(4)15(18)3/h9-13H,5-8H2,1-4H3,(H2,21,22,24,25). The Morgan fingerprint density at radius 3 is 2.40 bits per heavy atom. The minimum absolute atomic E-state index is 0.185. The highest BCUT2D eigenvalue weighted by atomic mass is 32.1. The van der Waals surface area contributed by atoms with Gasteiger partial charge in [0.1, 0.15) is 0 Å². The number of thiocarbonyl (C=S) groups is 1. The van der Waals surface area contributed by atoms with Crippen LogP contribution in [0.4, 0.5) is 5.69 Å². The van der Waals surface area contributed by atoms with Crippen molar-refractivity contribution in [2.75, 3.05) is 5.32 Å². The van der Waals surface area contributed by atoms with Gasteiger partial charge in [-0.2, -0.15) is 0 Å². The first-order chi connectivity index (χ1) is 11.9. The molecule has 1 amide bonds. The predicted octanol–water partition coefficient (Wildman–Crippen LogP) is 4.50. The lowest BCUT2D eigenvalue weighted by atomic mass is 10.1. The molecule has 0 aliphatic carbocycles. The number of benzene rings is 1. The molecule has 4 nitrogen and oxygen atoms in total. The van der Waals surface area contributed by atoms with E-state index < -0.39 is 0 Å². The summed E-state index contributed by atoms with van der Waals surface area (Å²) in [5.74, 6) is -0.185. The van der Waals surface area contributed by atoms with Crippen LogP contribution in [0.5, 0.6) is 0 Å². The van der Waals surface area contributed by atoms with E-state index in [1.165, 1.54) is 24.8 Å². The molecule has 1 aromatic heterocycles. The fourth-order valence-corrected chi connectivity index (χ4v) is 2.96. The van der Waals surface area contributed by atoms with Crippen LogP contribution in [-0.2, 0) is 13.5 Å². The Morgan fingerprint density at radius 1 is 1.16 bits per heavy atom. The SMILES string of the molecule is CCCCCc1ccc(NC(=S)NC(=O)c2cc(C)n(C)c2C)cc1. The lowest BCUT2D eigenvalue weighted by Gasteiger charge is -2.10. The second-order valence-corrected chi connectivity index (χ2v) is 6.81. The minimum atomic E-state index is -0.185. The monoisotopic (exact) mass is 357 g/mol. The molecule has 2 N–H and O–H groups in total. The summed E-state index contributed by atoms with van der Waals surface area (Å²) in [5.41, 5.74) is 4.82. The second kappa shape index (κ2) is 8.81. The summed E-state index contributed by atoms with van der Waals surface area (Å²) >= 11 is 5.26. The van der Waals surface area contributed by atoms with Crippen LogP contribution in [0.15, 0.2) is 30.3 Å². The second-order valence-electron chi connectivity index (χ2n) is 6.41. The zero-order valence-corrected chi connectivity index (χ0v) is 16.3. The van der Waals surface area contributed by atoms with Gasteiger partial charge in [0.2, 0.25) is 0 Å². The third kappa shape index (κ3) is 5.16. The number of hydrogen-bond acceptors (Lipinski definition) is 2. The van der Waals surface area contributed by atoms with Crippen LogP contribution in [0.1, 0.15) is 53.5 Å². The van der Waals surface area contributed by atoms with E-state index in [1.807, 2.05) is 43.7 Å². The fourth-order valence-electron chi connectivity index (χ4n) is 2.75. The van der Waals surface area contributed by atoms with Crippen LogP contribution in [0.25, 0.3) is 0 Å². The first-order valence-corrected chi connectivity index (χ1v) is 9.17. The third-order valence-corrected chi connectivity index (χ3v) is 4.73. The molecular formula is C20H27N3OS. The van der Waals surface area contributed by atoms with E-state index in [0.717, 1.165) is 23.5 Å². The summed E-state index contributed by atoms with van der Waals surface area (Å²) in [6.07, 6.45) is 4.80. The third-order valence-electron chi connectivity index (χ3n) is 4.53. The van der Waals surface area contributed by atoms with E-state index in [2.05, 4.69) is 29.7 Å². The molecule has 0 aliphatic heterocycles. The van der Waals surface area contributed by atoms with Crippen LogP contribution in [-0.4, -0.2) is 15.6 Å². The van der Waals surface area contributed by atoms with Crippen LogP contribution in [0.3, 0.4) is 0 Å². The fraction of sp³-hybridized carbons (Fsp3) is 0.400. The van der Waals surface area contributed by atoms with Crippen LogP contribution in [0.2, 0.25) is 0 Å². The van der Waals surface area contributed by atoms with Gasteiger partial charge in [-0.25, -0.2) is 0 Å². The van der Waals surface area contributed by atoms with E-state index in [1.54, 1.807) is 0 Å². The maximum Gasteiger partial charge on any atom is 0.259 e. The molecule has 0 spiro atoms. The summed E-state index contributed by atoms with van der Waals surface area (Å²) in [7, 11) is 1.94. The van der Waals surface area contributed by atoms with Gasteiger partial charge in [-0.15, -0.1) is 0 Å². The van der Waals surface area contributed by atoms with E-state index in [9.17, 15) is 4.79 Å². The van der Waals surface area contributed by atoms with Gasteiger partial charge in [-0.05, 0) is 62.7 Å². The molecule has 0 bridgehead atoms. The average molecular weight is 358 g/mol. The number of nitrogens with one attached hydrogen (secondary N) is 2. The molecule has 1 heterocycles. The number of carbonyl (C=O) groups is 1. The largest absolute Gasteiger partial charge is 0.351 e. The van der Waals surface area contributed by atoms with Gasteiger partial charge >= 0.3 is 0 Å². The van der Waals surface area contributed by atoms with E-state index in [4.69, 9.17) is 12.2 Å². The lowest BCUT2D eigenvalue weighted by molar-refractivity contribution is 0.0977. The average Bonchev–Trinajstić information content (AvgIpc) is 2.84. The Hall–Kier alpha value is -2.14. The van der Waals surface area contributed by atoms with Gasteiger partial charge in [0.15, 0.2) is 5.11 Å². The number of amides is 1. The van der Waals surface area contributed by atoms with Crippen molar-refractivity contribution in [3.05, 3.63) is 52.8 Å². The summed E-state index contributed by atoms with van der Waals surface area (Å²) in [6, 6.07) is 10.1. The van der Waals surface area contributed by atoms with Gasteiger partial charge in [-0.3, -0.25) is 10.1 Å². The number of rotatable bonds is 6. The zero-order chi connectivity index (χ0) is 18.4. The van der Waals surface area contributed by atoms with Crippen molar-refractivity contribution in [1.29, 1.82) is 0 Å².